The molecule has 16 heavy (non-hydrogen) atoms. The van der Waals surface area contributed by atoms with Crippen molar-refractivity contribution in [3.8, 4) is 0 Å². The van der Waals surface area contributed by atoms with Crippen LogP contribution in [0.3, 0.4) is 0 Å². The zero-order valence-electron chi connectivity index (χ0n) is 9.74. The molecule has 0 saturated carbocycles. The van der Waals surface area contributed by atoms with Gasteiger partial charge in [0.05, 0.1) is 7.47 Å². The molecular weight excluding hydrogens is 496 g/mol. The Morgan fingerprint density at radius 3 is 1.31 bits per heavy atom. The summed E-state index contributed by atoms with van der Waals surface area (Å²) in [4.78, 5) is 0. The second-order valence-corrected chi connectivity index (χ2v) is 15.3. The Bertz CT molecular complexity index is 129. The summed E-state index contributed by atoms with van der Waals surface area (Å²) in [5.74, 6) is 0. The van der Waals surface area contributed by atoms with E-state index in [0.29, 0.717) is 7.47 Å². The first-order valence-electron chi connectivity index (χ1n) is 6.19. The lowest BCUT2D eigenvalue weighted by atomic mass is 10.4. The highest BCUT2D eigenvalue weighted by atomic mass is 79.9. The SMILES string of the molecule is BrC(Br)CC[SiH2]CCCC[SiH2]CCC(Br)Br. The molecule has 0 aromatic heterocycles. The highest BCUT2D eigenvalue weighted by molar-refractivity contribution is 9.25. The summed E-state index contributed by atoms with van der Waals surface area (Å²) in [6, 6.07) is 6.13. The van der Waals surface area contributed by atoms with E-state index in [9.17, 15) is 0 Å². The molecule has 0 fully saturated rings. The van der Waals surface area contributed by atoms with Gasteiger partial charge in [-0.05, 0) is 12.8 Å². The first-order valence-corrected chi connectivity index (χ1v) is 13.9. The molecule has 0 bridgehead atoms. The van der Waals surface area contributed by atoms with Crippen molar-refractivity contribution in [2.45, 2.75) is 57.3 Å². The average Bonchev–Trinajstić information content (AvgIpc) is 2.20. The van der Waals surface area contributed by atoms with Crippen molar-refractivity contribution >= 4 is 82.8 Å². The van der Waals surface area contributed by atoms with Crippen molar-refractivity contribution in [2.75, 3.05) is 0 Å². The van der Waals surface area contributed by atoms with Crippen LogP contribution in [0.5, 0.6) is 0 Å². The molecule has 0 heterocycles. The van der Waals surface area contributed by atoms with E-state index >= 15 is 0 Å². The fourth-order valence-electron chi connectivity index (χ4n) is 1.66. The summed E-state index contributed by atoms with van der Waals surface area (Å²) < 4.78 is 1.11. The summed E-state index contributed by atoms with van der Waals surface area (Å²) in [5.41, 5.74) is 0. The third-order valence-electron chi connectivity index (χ3n) is 2.59. The summed E-state index contributed by atoms with van der Waals surface area (Å²) in [5, 5.41) is 0. The van der Waals surface area contributed by atoms with Gasteiger partial charge in [0, 0.05) is 19.0 Å². The molecular formula is C10H22Br4Si2. The fourth-order valence-corrected chi connectivity index (χ4v) is 8.86. The molecule has 0 aliphatic rings. The summed E-state index contributed by atoms with van der Waals surface area (Å²) in [6.07, 6.45) is 5.67. The molecule has 0 aromatic carbocycles. The van der Waals surface area contributed by atoms with Gasteiger partial charge in [0.2, 0.25) is 0 Å². The van der Waals surface area contributed by atoms with Crippen LogP contribution in [0.25, 0.3) is 0 Å². The quantitative estimate of drug-likeness (QED) is 0.210. The Kier molecular flexibility index (Phi) is 15.8. The largest absolute Gasteiger partial charge is 0.0765 e. The van der Waals surface area contributed by atoms with Crippen molar-refractivity contribution < 1.29 is 0 Å². The van der Waals surface area contributed by atoms with Gasteiger partial charge >= 0.3 is 0 Å². The number of alkyl halides is 4. The predicted octanol–water partition coefficient (Wildman–Crippen LogP) is 4.79. The van der Waals surface area contributed by atoms with Gasteiger partial charge in [-0.1, -0.05) is 101 Å². The lowest BCUT2D eigenvalue weighted by Gasteiger charge is -2.03. The van der Waals surface area contributed by atoms with Crippen LogP contribution in [0, 0.1) is 0 Å². The molecule has 0 nitrogen and oxygen atoms in total. The first kappa shape index (κ1) is 18.4. The molecule has 0 aliphatic carbocycles. The molecule has 0 rings (SSSR count). The third kappa shape index (κ3) is 16.4. The summed E-state index contributed by atoms with van der Waals surface area (Å²) in [6.45, 7) is 0. The standard InChI is InChI=1S/C10H22Br4Si2/c11-9(12)3-7-15-5-1-2-6-16-8-4-10(13)14/h9-10H,1-8,15-16H2. The second-order valence-electron chi connectivity index (χ2n) is 4.19. The third-order valence-corrected chi connectivity index (χ3v) is 8.24. The minimum Gasteiger partial charge on any atom is -0.0765 e. The van der Waals surface area contributed by atoms with Gasteiger partial charge in [0.25, 0.3) is 0 Å². The van der Waals surface area contributed by atoms with Gasteiger partial charge in [-0.2, -0.15) is 0 Å². The number of rotatable bonds is 11. The Balaban J connectivity index is 2.93. The van der Waals surface area contributed by atoms with Crippen molar-refractivity contribution in [1.82, 2.24) is 0 Å². The molecule has 98 valence electrons. The fraction of sp³-hybridized carbons (Fsp3) is 1.00. The lowest BCUT2D eigenvalue weighted by molar-refractivity contribution is 0.863. The molecule has 0 radical (unpaired) electrons. The maximum atomic E-state index is 3.53. The molecule has 0 atom stereocenters. The minimum absolute atomic E-state index is 0.257. The van der Waals surface area contributed by atoms with E-state index in [-0.39, 0.29) is 19.0 Å². The molecule has 6 heteroatoms. The van der Waals surface area contributed by atoms with Gasteiger partial charge < -0.3 is 0 Å². The van der Waals surface area contributed by atoms with E-state index in [1.165, 1.54) is 37.8 Å². The van der Waals surface area contributed by atoms with Crippen LogP contribution in [0.4, 0.5) is 0 Å². The predicted molar refractivity (Wildman–Crippen MR) is 98.1 cm³/mol. The highest BCUT2D eigenvalue weighted by Gasteiger charge is 1.99. The second kappa shape index (κ2) is 13.8. The molecule has 0 saturated heterocycles. The number of halogens is 4. The van der Waals surface area contributed by atoms with Gasteiger partial charge in [-0.25, -0.2) is 0 Å². The van der Waals surface area contributed by atoms with Crippen molar-refractivity contribution in [3.63, 3.8) is 0 Å². The van der Waals surface area contributed by atoms with Gasteiger partial charge in [0.15, 0.2) is 0 Å². The van der Waals surface area contributed by atoms with Gasteiger partial charge in [0.1, 0.15) is 0 Å². The van der Waals surface area contributed by atoms with Crippen LogP contribution in [0.15, 0.2) is 0 Å². The topological polar surface area (TPSA) is 0 Å². The number of hydrogen-bond donors (Lipinski definition) is 0. The Morgan fingerprint density at radius 1 is 0.625 bits per heavy atom. The molecule has 0 amide bonds. The van der Waals surface area contributed by atoms with E-state index in [1.54, 1.807) is 12.1 Å². The number of hydrogen-bond acceptors (Lipinski definition) is 0. The van der Waals surface area contributed by atoms with Crippen molar-refractivity contribution in [2.24, 2.45) is 0 Å². The number of unbranched alkanes of at least 4 members (excludes halogenated alkanes) is 1. The van der Waals surface area contributed by atoms with Crippen LogP contribution in [0.2, 0.25) is 24.2 Å². The van der Waals surface area contributed by atoms with E-state index in [4.69, 9.17) is 0 Å². The summed E-state index contributed by atoms with van der Waals surface area (Å²) in [7, 11) is 0.513. The smallest absolute Gasteiger partial charge is 0.0695 e. The minimum atomic E-state index is 0.257. The molecule has 0 aliphatic heterocycles. The normalized spacial score (nSPS) is 13.1. The highest BCUT2D eigenvalue weighted by Crippen LogP contribution is 2.16. The molecule has 0 aromatic rings. The van der Waals surface area contributed by atoms with Gasteiger partial charge in [-0.15, -0.1) is 0 Å². The maximum absolute atomic E-state index is 3.53. The molecule has 0 spiro atoms. The van der Waals surface area contributed by atoms with Crippen molar-refractivity contribution in [3.05, 3.63) is 0 Å². The van der Waals surface area contributed by atoms with Crippen molar-refractivity contribution in [1.29, 1.82) is 0 Å². The zero-order chi connectivity index (χ0) is 12.2. The maximum Gasteiger partial charge on any atom is 0.0695 e. The molecule has 0 N–H and O–H groups in total. The summed E-state index contributed by atoms with van der Waals surface area (Å²) >= 11 is 14.1. The van der Waals surface area contributed by atoms with Crippen LogP contribution >= 0.6 is 63.7 Å². The zero-order valence-corrected chi connectivity index (χ0v) is 18.9. The Hall–Kier alpha value is 2.35. The monoisotopic (exact) mass is 514 g/mol. The van der Waals surface area contributed by atoms with Crippen LogP contribution in [0.1, 0.15) is 25.7 Å². The average molecular weight is 518 g/mol. The van der Waals surface area contributed by atoms with Crippen LogP contribution in [-0.2, 0) is 0 Å². The van der Waals surface area contributed by atoms with E-state index in [2.05, 4.69) is 63.7 Å². The van der Waals surface area contributed by atoms with E-state index < -0.39 is 0 Å². The van der Waals surface area contributed by atoms with Crippen LogP contribution in [-0.4, -0.2) is 26.5 Å². The van der Waals surface area contributed by atoms with Crippen LogP contribution < -0.4 is 0 Å². The molecule has 0 unspecified atom stereocenters. The Labute approximate surface area is 139 Å². The first-order chi connectivity index (χ1) is 7.63. The van der Waals surface area contributed by atoms with Gasteiger partial charge in [-0.3, -0.25) is 0 Å². The van der Waals surface area contributed by atoms with E-state index in [1.807, 2.05) is 0 Å². The lowest BCUT2D eigenvalue weighted by Crippen LogP contribution is -1.95. The Morgan fingerprint density at radius 2 is 1.00 bits per heavy atom. The van der Waals surface area contributed by atoms with E-state index in [0.717, 1.165) is 0 Å².